The van der Waals surface area contributed by atoms with Gasteiger partial charge < -0.3 is 9.64 Å². The maximum atomic E-state index is 13.5. The van der Waals surface area contributed by atoms with Crippen LogP contribution in [0, 0.1) is 5.82 Å². The average molecular weight is 260 g/mol. The highest BCUT2D eigenvalue weighted by Gasteiger charge is 2.19. The summed E-state index contributed by atoms with van der Waals surface area (Å²) in [6, 6.07) is 4.11. The summed E-state index contributed by atoms with van der Waals surface area (Å²) in [6.45, 7) is -0.249. The van der Waals surface area contributed by atoms with E-state index in [9.17, 15) is 14.0 Å². The summed E-state index contributed by atoms with van der Waals surface area (Å²) in [4.78, 5) is 23.8. The van der Waals surface area contributed by atoms with E-state index in [0.717, 1.165) is 4.90 Å². The van der Waals surface area contributed by atoms with Crippen LogP contribution in [0.15, 0.2) is 18.2 Å². The van der Waals surface area contributed by atoms with Gasteiger partial charge in [0.2, 0.25) is 0 Å². The van der Waals surface area contributed by atoms with E-state index in [1.54, 1.807) is 0 Å². The first kappa shape index (κ1) is 13.4. The van der Waals surface area contributed by atoms with Crippen molar-refractivity contribution >= 4 is 23.5 Å². The zero-order valence-electron chi connectivity index (χ0n) is 9.37. The minimum absolute atomic E-state index is 0.137. The highest BCUT2D eigenvalue weighted by molar-refractivity contribution is 6.31. The number of rotatable bonds is 3. The standard InChI is InChI=1S/C11H11ClFNO3/c1-14(6-9(15)17-2)11(16)7-4-3-5-8(12)10(7)13/h3-5H,6H2,1-2H3. The third-order valence-electron chi connectivity index (χ3n) is 2.12. The first-order valence-electron chi connectivity index (χ1n) is 4.73. The van der Waals surface area contributed by atoms with Crippen molar-refractivity contribution in [2.45, 2.75) is 0 Å². The topological polar surface area (TPSA) is 46.6 Å². The number of nitrogens with zero attached hydrogens (tertiary/aromatic N) is 1. The van der Waals surface area contributed by atoms with Crippen molar-refractivity contribution in [3.8, 4) is 0 Å². The molecule has 1 aromatic rings. The normalized spacial score (nSPS) is 9.88. The zero-order valence-corrected chi connectivity index (χ0v) is 10.1. The molecule has 0 aliphatic rings. The smallest absolute Gasteiger partial charge is 0.325 e. The predicted octanol–water partition coefficient (Wildman–Crippen LogP) is 1.72. The van der Waals surface area contributed by atoms with Crippen LogP contribution in [-0.4, -0.2) is 37.5 Å². The van der Waals surface area contributed by atoms with Crippen LogP contribution in [0.25, 0.3) is 0 Å². The molecule has 1 amide bonds. The Morgan fingerprint density at radius 2 is 2.12 bits per heavy atom. The van der Waals surface area contributed by atoms with Crippen molar-refractivity contribution in [3.63, 3.8) is 0 Å². The second-order valence-corrected chi connectivity index (χ2v) is 3.75. The van der Waals surface area contributed by atoms with Crippen molar-refractivity contribution < 1.29 is 18.7 Å². The molecule has 1 rings (SSSR count). The van der Waals surface area contributed by atoms with Gasteiger partial charge in [-0.1, -0.05) is 17.7 Å². The minimum atomic E-state index is -0.795. The lowest BCUT2D eigenvalue weighted by Gasteiger charge is -2.16. The number of esters is 1. The van der Waals surface area contributed by atoms with Crippen LogP contribution in [0.2, 0.25) is 5.02 Å². The molecule has 0 fully saturated rings. The van der Waals surface area contributed by atoms with Gasteiger partial charge in [-0.05, 0) is 12.1 Å². The van der Waals surface area contributed by atoms with Crippen molar-refractivity contribution in [2.24, 2.45) is 0 Å². The first-order chi connectivity index (χ1) is 7.97. The fourth-order valence-corrected chi connectivity index (χ4v) is 1.38. The molecule has 0 spiro atoms. The van der Waals surface area contributed by atoms with Crippen molar-refractivity contribution in [1.82, 2.24) is 4.90 Å². The van der Waals surface area contributed by atoms with Gasteiger partial charge in [0.1, 0.15) is 6.54 Å². The lowest BCUT2D eigenvalue weighted by Crippen LogP contribution is -2.33. The monoisotopic (exact) mass is 259 g/mol. The molecule has 4 nitrogen and oxygen atoms in total. The Bertz CT molecular complexity index is 450. The summed E-state index contributed by atoms with van der Waals surface area (Å²) >= 11 is 5.56. The van der Waals surface area contributed by atoms with Crippen LogP contribution >= 0.6 is 11.6 Å². The van der Waals surface area contributed by atoms with Crippen LogP contribution in [0.3, 0.4) is 0 Å². The van der Waals surface area contributed by atoms with Gasteiger partial charge in [0.05, 0.1) is 17.7 Å². The van der Waals surface area contributed by atoms with Gasteiger partial charge in [-0.3, -0.25) is 9.59 Å². The highest BCUT2D eigenvalue weighted by atomic mass is 35.5. The van der Waals surface area contributed by atoms with E-state index in [1.165, 1.54) is 32.4 Å². The minimum Gasteiger partial charge on any atom is -0.468 e. The Morgan fingerprint density at radius 1 is 1.47 bits per heavy atom. The Balaban J connectivity index is 2.89. The number of likely N-dealkylation sites (N-methyl/N-ethyl adjacent to an activating group) is 1. The lowest BCUT2D eigenvalue weighted by atomic mass is 10.2. The van der Waals surface area contributed by atoms with Gasteiger partial charge in [-0.25, -0.2) is 4.39 Å². The fourth-order valence-electron chi connectivity index (χ4n) is 1.20. The summed E-state index contributed by atoms with van der Waals surface area (Å²) in [7, 11) is 2.58. The zero-order chi connectivity index (χ0) is 13.0. The molecule has 17 heavy (non-hydrogen) atoms. The number of methoxy groups -OCH3 is 1. The molecule has 0 saturated carbocycles. The molecule has 0 radical (unpaired) electrons. The summed E-state index contributed by atoms with van der Waals surface area (Å²) in [6.07, 6.45) is 0. The van der Waals surface area contributed by atoms with Crippen LogP contribution in [0.1, 0.15) is 10.4 Å². The van der Waals surface area contributed by atoms with Crippen LogP contribution in [-0.2, 0) is 9.53 Å². The van der Waals surface area contributed by atoms with Crippen molar-refractivity contribution in [3.05, 3.63) is 34.6 Å². The van der Waals surface area contributed by atoms with Gasteiger partial charge in [-0.2, -0.15) is 0 Å². The maximum absolute atomic E-state index is 13.5. The van der Waals surface area contributed by atoms with E-state index in [4.69, 9.17) is 11.6 Å². The first-order valence-corrected chi connectivity index (χ1v) is 5.11. The highest BCUT2D eigenvalue weighted by Crippen LogP contribution is 2.18. The average Bonchev–Trinajstić information content (AvgIpc) is 2.31. The van der Waals surface area contributed by atoms with E-state index in [0.29, 0.717) is 0 Å². The molecule has 0 unspecified atom stereocenters. The van der Waals surface area contributed by atoms with Crippen LogP contribution in [0.5, 0.6) is 0 Å². The number of hydrogen-bond donors (Lipinski definition) is 0. The molecule has 0 aliphatic carbocycles. The number of halogens is 2. The molecule has 1 aromatic carbocycles. The SMILES string of the molecule is COC(=O)CN(C)C(=O)c1cccc(Cl)c1F. The van der Waals surface area contributed by atoms with E-state index in [2.05, 4.69) is 4.74 Å². The van der Waals surface area contributed by atoms with Gasteiger partial charge in [0, 0.05) is 7.05 Å². The predicted molar refractivity (Wildman–Crippen MR) is 60.4 cm³/mol. The summed E-state index contributed by atoms with van der Waals surface area (Å²) in [5, 5.41) is -0.137. The molecule has 0 bridgehead atoms. The molecule has 0 heterocycles. The molecule has 0 aliphatic heterocycles. The van der Waals surface area contributed by atoms with E-state index in [-0.39, 0.29) is 17.1 Å². The third kappa shape index (κ3) is 3.17. The maximum Gasteiger partial charge on any atom is 0.325 e. The third-order valence-corrected chi connectivity index (χ3v) is 2.41. The Hall–Kier alpha value is -1.62. The second-order valence-electron chi connectivity index (χ2n) is 3.34. The summed E-state index contributed by atoms with van der Waals surface area (Å²) in [5.41, 5.74) is -0.177. The number of carbonyl (C=O) groups excluding carboxylic acids is 2. The molecule has 6 heteroatoms. The second kappa shape index (κ2) is 5.63. The van der Waals surface area contributed by atoms with Crippen LogP contribution in [0.4, 0.5) is 4.39 Å². The summed E-state index contributed by atoms with van der Waals surface area (Å²) < 4.78 is 17.9. The number of amides is 1. The van der Waals surface area contributed by atoms with Crippen molar-refractivity contribution in [1.29, 1.82) is 0 Å². The molecule has 0 saturated heterocycles. The lowest BCUT2D eigenvalue weighted by molar-refractivity contribution is -0.141. The number of ether oxygens (including phenoxy) is 1. The Labute approximate surface area is 103 Å². The Kier molecular flexibility index (Phi) is 4.45. The molecule has 0 N–H and O–H groups in total. The number of hydrogen-bond acceptors (Lipinski definition) is 3. The molecule has 92 valence electrons. The van der Waals surface area contributed by atoms with E-state index < -0.39 is 17.7 Å². The van der Waals surface area contributed by atoms with Crippen molar-refractivity contribution in [2.75, 3.05) is 20.7 Å². The quantitative estimate of drug-likeness (QED) is 0.777. The largest absolute Gasteiger partial charge is 0.468 e. The van der Waals surface area contributed by atoms with Gasteiger partial charge in [-0.15, -0.1) is 0 Å². The molecule has 0 atom stereocenters. The Morgan fingerprint density at radius 3 is 2.71 bits per heavy atom. The molecular formula is C11H11ClFNO3. The number of benzene rings is 1. The molecular weight excluding hydrogens is 249 g/mol. The van der Waals surface area contributed by atoms with E-state index in [1.807, 2.05) is 0 Å². The van der Waals surface area contributed by atoms with Gasteiger partial charge in [0.15, 0.2) is 5.82 Å². The molecule has 0 aromatic heterocycles. The van der Waals surface area contributed by atoms with E-state index >= 15 is 0 Å². The van der Waals surface area contributed by atoms with Crippen LogP contribution < -0.4 is 0 Å². The van der Waals surface area contributed by atoms with Gasteiger partial charge in [0.25, 0.3) is 5.91 Å². The number of carbonyl (C=O) groups is 2. The van der Waals surface area contributed by atoms with Gasteiger partial charge >= 0.3 is 5.97 Å². The summed E-state index contributed by atoms with van der Waals surface area (Å²) in [5.74, 6) is -2.01. The fraction of sp³-hybridized carbons (Fsp3) is 0.273.